The maximum absolute atomic E-state index is 13.6. The van der Waals surface area contributed by atoms with E-state index >= 15 is 0 Å². The number of hydrogen-bond acceptors (Lipinski definition) is 3. The first-order valence-electron chi connectivity index (χ1n) is 7.14. The molecule has 0 aliphatic carbocycles. The number of benzene rings is 2. The van der Waals surface area contributed by atoms with E-state index in [1.165, 1.54) is 18.2 Å². The minimum atomic E-state index is -0.693. The van der Waals surface area contributed by atoms with Crippen molar-refractivity contribution in [3.63, 3.8) is 0 Å². The Balaban J connectivity index is 1.82. The minimum Gasteiger partial charge on any atom is -0.446 e. The van der Waals surface area contributed by atoms with Gasteiger partial charge in [0.1, 0.15) is 18.5 Å². The largest absolute Gasteiger partial charge is 0.446 e. The number of carbonyl (C=O) groups excluding carboxylic acids is 2. The Morgan fingerprint density at radius 3 is 2.57 bits per heavy atom. The zero-order valence-corrected chi connectivity index (χ0v) is 12.2. The van der Waals surface area contributed by atoms with Gasteiger partial charge >= 0.3 is 6.09 Å². The van der Waals surface area contributed by atoms with Crippen LogP contribution in [0, 0.1) is 5.82 Å². The van der Waals surface area contributed by atoms with Crippen molar-refractivity contribution in [3.8, 4) is 0 Å². The van der Waals surface area contributed by atoms with Gasteiger partial charge in [0, 0.05) is 11.6 Å². The number of carbonyl (C=O) groups is 2. The molecule has 0 aromatic heterocycles. The highest BCUT2D eigenvalue weighted by molar-refractivity contribution is 6.02. The average Bonchev–Trinajstić information content (AvgIpc) is 2.96. The third-order valence-corrected chi connectivity index (χ3v) is 3.61. The maximum atomic E-state index is 13.6. The van der Waals surface area contributed by atoms with E-state index in [4.69, 9.17) is 4.74 Å². The molecule has 2 aromatic rings. The zero-order chi connectivity index (χ0) is 16.2. The molecule has 0 saturated carbocycles. The van der Waals surface area contributed by atoms with Crippen LogP contribution < -0.4 is 0 Å². The van der Waals surface area contributed by atoms with Gasteiger partial charge in [-0.15, -0.1) is 0 Å². The first-order valence-corrected chi connectivity index (χ1v) is 7.14. The van der Waals surface area contributed by atoms with Crippen LogP contribution in [0.5, 0.6) is 0 Å². The molecule has 0 N–H and O–H groups in total. The molecule has 1 atom stereocenters. The summed E-state index contributed by atoms with van der Waals surface area (Å²) in [5, 5.41) is 0. The average molecular weight is 311 g/mol. The molecule has 1 aliphatic heterocycles. The predicted octanol–water partition coefficient (Wildman–Crippen LogP) is 3.56. The fourth-order valence-corrected chi connectivity index (χ4v) is 2.44. The van der Waals surface area contributed by atoms with Crippen molar-refractivity contribution >= 4 is 18.1 Å². The highest BCUT2D eigenvalue weighted by Crippen LogP contribution is 2.28. The van der Waals surface area contributed by atoms with Crippen LogP contribution in [0.4, 0.5) is 9.18 Å². The molecule has 0 unspecified atom stereocenters. The Morgan fingerprint density at radius 1 is 1.13 bits per heavy atom. The summed E-state index contributed by atoms with van der Waals surface area (Å²) in [4.78, 5) is 25.2. The highest BCUT2D eigenvalue weighted by atomic mass is 19.1. The van der Waals surface area contributed by atoms with Crippen molar-refractivity contribution in [1.82, 2.24) is 4.90 Å². The van der Waals surface area contributed by atoms with Gasteiger partial charge in [0.15, 0.2) is 0 Å². The molecule has 1 aliphatic rings. The molecular formula is C18H14FNO3. The fourth-order valence-electron chi connectivity index (χ4n) is 2.44. The van der Waals surface area contributed by atoms with Crippen molar-refractivity contribution in [3.05, 3.63) is 77.6 Å². The Bertz CT molecular complexity index is 758. The van der Waals surface area contributed by atoms with Gasteiger partial charge in [-0.25, -0.2) is 14.1 Å². The van der Waals surface area contributed by atoms with Crippen LogP contribution in [0.1, 0.15) is 17.2 Å². The number of rotatable bonds is 3. The molecule has 2 amide bonds. The van der Waals surface area contributed by atoms with E-state index in [9.17, 15) is 14.0 Å². The lowest BCUT2D eigenvalue weighted by atomic mass is 10.1. The number of nitrogens with zero attached hydrogens (tertiary/aromatic N) is 1. The summed E-state index contributed by atoms with van der Waals surface area (Å²) < 4.78 is 18.6. The molecule has 0 radical (unpaired) electrons. The van der Waals surface area contributed by atoms with Gasteiger partial charge in [-0.3, -0.25) is 4.79 Å². The fraction of sp³-hybridized carbons (Fsp3) is 0.111. The van der Waals surface area contributed by atoms with E-state index in [0.717, 1.165) is 10.5 Å². The van der Waals surface area contributed by atoms with Crippen molar-refractivity contribution < 1.29 is 18.7 Å². The van der Waals surface area contributed by atoms with Crippen molar-refractivity contribution in [1.29, 1.82) is 0 Å². The third-order valence-electron chi connectivity index (χ3n) is 3.61. The highest BCUT2D eigenvalue weighted by Gasteiger charge is 2.37. The molecule has 1 fully saturated rings. The minimum absolute atomic E-state index is 0.113. The molecular weight excluding hydrogens is 297 g/mol. The lowest BCUT2D eigenvalue weighted by molar-refractivity contribution is -0.124. The molecule has 0 bridgehead atoms. The normalized spacial score (nSPS) is 17.5. The van der Waals surface area contributed by atoms with Crippen LogP contribution in [0.2, 0.25) is 0 Å². The van der Waals surface area contributed by atoms with Crippen LogP contribution in [-0.4, -0.2) is 23.5 Å². The summed E-state index contributed by atoms with van der Waals surface area (Å²) >= 11 is 0. The Kier molecular flexibility index (Phi) is 4.19. The van der Waals surface area contributed by atoms with E-state index in [0.29, 0.717) is 0 Å². The molecule has 1 heterocycles. The number of halogens is 1. The summed E-state index contributed by atoms with van der Waals surface area (Å²) in [6, 6.07) is 14.8. The van der Waals surface area contributed by atoms with Gasteiger partial charge in [-0.2, -0.15) is 0 Å². The lowest BCUT2D eigenvalue weighted by Gasteiger charge is -2.18. The predicted molar refractivity (Wildman–Crippen MR) is 82.8 cm³/mol. The van der Waals surface area contributed by atoms with Gasteiger partial charge in [0.05, 0.1) is 0 Å². The van der Waals surface area contributed by atoms with Gasteiger partial charge in [-0.05, 0) is 17.7 Å². The maximum Gasteiger partial charge on any atom is 0.417 e. The van der Waals surface area contributed by atoms with E-state index in [1.54, 1.807) is 18.2 Å². The van der Waals surface area contributed by atoms with Gasteiger partial charge < -0.3 is 4.74 Å². The SMILES string of the molecule is O=C(C=Cc1ccccc1F)N1C(=O)OC[C@@H]1c1ccccc1. The van der Waals surface area contributed by atoms with Crippen LogP contribution in [0.25, 0.3) is 6.08 Å². The summed E-state index contributed by atoms with van der Waals surface area (Å²) in [6.45, 7) is 0.113. The Hall–Kier alpha value is -2.95. The molecule has 23 heavy (non-hydrogen) atoms. The van der Waals surface area contributed by atoms with E-state index in [2.05, 4.69) is 0 Å². The molecule has 5 heteroatoms. The van der Waals surface area contributed by atoms with Crippen molar-refractivity contribution in [2.24, 2.45) is 0 Å². The summed E-state index contributed by atoms with van der Waals surface area (Å²) in [5.74, 6) is -0.968. The molecule has 2 aromatic carbocycles. The number of hydrogen-bond donors (Lipinski definition) is 0. The van der Waals surface area contributed by atoms with Crippen LogP contribution in [0.3, 0.4) is 0 Å². The number of amides is 2. The Labute approximate surface area is 132 Å². The molecule has 1 saturated heterocycles. The number of imide groups is 1. The van der Waals surface area contributed by atoms with Crippen molar-refractivity contribution in [2.45, 2.75) is 6.04 Å². The first-order chi connectivity index (χ1) is 11.2. The third kappa shape index (κ3) is 3.13. The summed E-state index contributed by atoms with van der Waals surface area (Å²) in [6.07, 6.45) is 1.84. The second-order valence-electron chi connectivity index (χ2n) is 5.07. The standard InChI is InChI=1S/C18H14FNO3/c19-15-9-5-4-6-13(15)10-11-17(21)20-16(12-23-18(20)22)14-7-2-1-3-8-14/h1-11,16H,12H2/t16-/m1/s1. The van der Waals surface area contributed by atoms with Gasteiger partial charge in [-0.1, -0.05) is 48.5 Å². The second kappa shape index (κ2) is 6.44. The van der Waals surface area contributed by atoms with Crippen LogP contribution >= 0.6 is 0 Å². The Morgan fingerprint density at radius 2 is 1.83 bits per heavy atom. The zero-order valence-electron chi connectivity index (χ0n) is 12.2. The molecule has 3 rings (SSSR count). The summed E-state index contributed by atoms with van der Waals surface area (Å²) in [5.41, 5.74) is 1.09. The molecule has 116 valence electrons. The van der Waals surface area contributed by atoms with E-state index in [-0.39, 0.29) is 12.2 Å². The lowest BCUT2D eigenvalue weighted by Crippen LogP contribution is -2.32. The van der Waals surface area contributed by atoms with Gasteiger partial charge in [0.2, 0.25) is 0 Å². The van der Waals surface area contributed by atoms with Crippen LogP contribution in [0.15, 0.2) is 60.7 Å². The first kappa shape index (κ1) is 15.0. The van der Waals surface area contributed by atoms with E-state index < -0.39 is 23.9 Å². The monoisotopic (exact) mass is 311 g/mol. The van der Waals surface area contributed by atoms with Crippen LogP contribution in [-0.2, 0) is 9.53 Å². The summed E-state index contributed by atoms with van der Waals surface area (Å²) in [7, 11) is 0. The number of ether oxygens (including phenoxy) is 1. The topological polar surface area (TPSA) is 46.6 Å². The molecule has 4 nitrogen and oxygen atoms in total. The van der Waals surface area contributed by atoms with E-state index in [1.807, 2.05) is 30.3 Å². The van der Waals surface area contributed by atoms with Crippen molar-refractivity contribution in [2.75, 3.05) is 6.61 Å². The number of cyclic esters (lactones) is 1. The smallest absolute Gasteiger partial charge is 0.417 e. The molecule has 0 spiro atoms. The second-order valence-corrected chi connectivity index (χ2v) is 5.07. The quantitative estimate of drug-likeness (QED) is 0.814. The van der Waals surface area contributed by atoms with Gasteiger partial charge in [0.25, 0.3) is 5.91 Å².